The molecule has 1 rings (SSSR count). The Bertz CT molecular complexity index is 570. The van der Waals surface area contributed by atoms with Crippen LogP contribution in [0.5, 0.6) is 0 Å². The summed E-state index contributed by atoms with van der Waals surface area (Å²) in [4.78, 5) is 5.23. The van der Waals surface area contributed by atoms with Gasteiger partial charge in [-0.05, 0) is 36.6 Å². The maximum atomic E-state index is 13.3. The Morgan fingerprint density at radius 2 is 1.92 bits per heavy atom. The Morgan fingerprint density at radius 1 is 1.23 bits per heavy atom. The third-order valence-electron chi connectivity index (χ3n) is 3.37. The third-order valence-corrected chi connectivity index (χ3v) is 3.97. The number of guanidine groups is 1. The average molecular weight is 508 g/mol. The number of aliphatic imine (C=N–C) groups is 1. The van der Waals surface area contributed by atoms with Crippen molar-refractivity contribution in [1.29, 1.82) is 0 Å². The molecule has 0 aliphatic rings. The fourth-order valence-electron chi connectivity index (χ4n) is 2.21. The summed E-state index contributed by atoms with van der Waals surface area (Å²) < 4.78 is 50.2. The molecule has 0 amide bonds. The van der Waals surface area contributed by atoms with Crippen LogP contribution in [0.15, 0.2) is 23.2 Å². The normalized spacial score (nSPS) is 12.1. The predicted molar refractivity (Wildman–Crippen MR) is 111 cm³/mol. The molecule has 10 heteroatoms. The van der Waals surface area contributed by atoms with E-state index in [-0.39, 0.29) is 36.3 Å². The first-order valence-electron chi connectivity index (χ1n) is 7.71. The van der Waals surface area contributed by atoms with E-state index < -0.39 is 12.7 Å². The highest BCUT2D eigenvalue weighted by Crippen LogP contribution is 2.17. The van der Waals surface area contributed by atoms with E-state index in [9.17, 15) is 17.6 Å². The summed E-state index contributed by atoms with van der Waals surface area (Å²) in [6.07, 6.45) is -2.26. The molecule has 2 N–H and O–H groups in total. The van der Waals surface area contributed by atoms with E-state index >= 15 is 0 Å². The summed E-state index contributed by atoms with van der Waals surface area (Å²) in [6, 6.07) is 4.64. The molecule has 0 aliphatic heterocycles. The molecule has 0 radical (unpaired) electrons. The first kappa shape index (κ1) is 25.2. The van der Waals surface area contributed by atoms with Gasteiger partial charge in [-0.15, -0.1) is 24.0 Å². The van der Waals surface area contributed by atoms with E-state index in [1.54, 1.807) is 24.9 Å². The number of halogens is 5. The Hall–Kier alpha value is -0.750. The number of nitrogens with zero attached hydrogens (tertiary/aromatic N) is 2. The monoisotopic (exact) mass is 508 g/mol. The molecule has 0 spiro atoms. The number of thioether (sulfide) groups is 1. The van der Waals surface area contributed by atoms with Gasteiger partial charge in [-0.3, -0.25) is 9.89 Å². The summed E-state index contributed by atoms with van der Waals surface area (Å²) in [5, 5.41) is 6.06. The Morgan fingerprint density at radius 3 is 2.50 bits per heavy atom. The van der Waals surface area contributed by atoms with Gasteiger partial charge in [0.2, 0.25) is 0 Å². The van der Waals surface area contributed by atoms with Crippen molar-refractivity contribution in [3.05, 3.63) is 35.1 Å². The summed E-state index contributed by atoms with van der Waals surface area (Å²) in [7, 11) is 3.00. The van der Waals surface area contributed by atoms with Gasteiger partial charge >= 0.3 is 6.18 Å². The first-order valence-corrected chi connectivity index (χ1v) is 9.10. The van der Waals surface area contributed by atoms with Crippen molar-refractivity contribution in [3.8, 4) is 0 Å². The van der Waals surface area contributed by atoms with E-state index in [1.807, 2.05) is 6.26 Å². The lowest BCUT2D eigenvalue weighted by Gasteiger charge is -2.19. The number of alkyl halides is 3. The summed E-state index contributed by atoms with van der Waals surface area (Å²) in [5.41, 5.74) is 1.85. The van der Waals surface area contributed by atoms with Crippen molar-refractivity contribution in [2.45, 2.75) is 18.5 Å². The molecule has 26 heavy (non-hydrogen) atoms. The van der Waals surface area contributed by atoms with E-state index in [0.717, 1.165) is 11.1 Å². The van der Waals surface area contributed by atoms with Gasteiger partial charge in [0.15, 0.2) is 5.96 Å². The maximum absolute atomic E-state index is 13.3. The zero-order valence-corrected chi connectivity index (χ0v) is 18.1. The topological polar surface area (TPSA) is 39.7 Å². The van der Waals surface area contributed by atoms with Crippen LogP contribution in [0.4, 0.5) is 17.6 Å². The molecule has 1 aromatic carbocycles. The minimum atomic E-state index is -4.20. The Kier molecular flexibility index (Phi) is 12.2. The number of rotatable bonds is 8. The zero-order chi connectivity index (χ0) is 18.9. The van der Waals surface area contributed by atoms with Gasteiger partial charge in [0, 0.05) is 32.4 Å². The van der Waals surface area contributed by atoms with Crippen molar-refractivity contribution in [2.24, 2.45) is 4.99 Å². The van der Waals surface area contributed by atoms with Crippen LogP contribution >= 0.6 is 35.7 Å². The van der Waals surface area contributed by atoms with Gasteiger partial charge in [0.25, 0.3) is 0 Å². The number of hydrogen-bond acceptors (Lipinski definition) is 3. The zero-order valence-electron chi connectivity index (χ0n) is 15.0. The Labute approximate surface area is 173 Å². The summed E-state index contributed by atoms with van der Waals surface area (Å²) in [5.74, 6) is 0.908. The second-order valence-electron chi connectivity index (χ2n) is 5.55. The highest BCUT2D eigenvalue weighted by molar-refractivity contribution is 14.0. The molecular formula is C16H25F4IN4S. The maximum Gasteiger partial charge on any atom is 0.401 e. The van der Waals surface area contributed by atoms with Crippen LogP contribution in [0.3, 0.4) is 0 Å². The quantitative estimate of drug-likeness (QED) is 0.244. The number of hydrogen-bond donors (Lipinski definition) is 2. The number of benzene rings is 1. The molecular weight excluding hydrogens is 483 g/mol. The van der Waals surface area contributed by atoms with E-state index in [4.69, 9.17) is 0 Å². The smallest absolute Gasteiger partial charge is 0.355 e. The largest absolute Gasteiger partial charge is 0.401 e. The van der Waals surface area contributed by atoms with Gasteiger partial charge in [0.05, 0.1) is 6.54 Å². The van der Waals surface area contributed by atoms with Gasteiger partial charge < -0.3 is 10.6 Å². The molecule has 0 atom stereocenters. The van der Waals surface area contributed by atoms with Crippen LogP contribution in [0, 0.1) is 5.82 Å². The van der Waals surface area contributed by atoms with Crippen molar-refractivity contribution in [3.63, 3.8) is 0 Å². The first-order chi connectivity index (χ1) is 11.7. The van der Waals surface area contributed by atoms with Gasteiger partial charge in [-0.25, -0.2) is 4.39 Å². The van der Waals surface area contributed by atoms with Crippen LogP contribution in [-0.2, 0) is 12.3 Å². The van der Waals surface area contributed by atoms with Crippen molar-refractivity contribution in [2.75, 3.05) is 40.0 Å². The van der Waals surface area contributed by atoms with Crippen LogP contribution in [0.2, 0.25) is 0 Å². The molecule has 0 aromatic heterocycles. The lowest BCUT2D eigenvalue weighted by Crippen LogP contribution is -2.42. The molecule has 0 saturated carbocycles. The minimum Gasteiger partial charge on any atom is -0.355 e. The predicted octanol–water partition coefficient (Wildman–Crippen LogP) is 3.47. The second kappa shape index (κ2) is 12.6. The molecule has 4 nitrogen and oxygen atoms in total. The Balaban J connectivity index is 0.00000625. The highest BCUT2D eigenvalue weighted by Gasteiger charge is 2.28. The SMILES string of the molecule is CN=C(NCCN(C)CC(F)(F)F)NCc1ccc(F)cc1CSC.I. The highest BCUT2D eigenvalue weighted by atomic mass is 127. The lowest BCUT2D eigenvalue weighted by atomic mass is 10.1. The van der Waals surface area contributed by atoms with E-state index in [0.29, 0.717) is 24.8 Å². The number of likely N-dealkylation sites (N-methyl/N-ethyl adjacent to an activating group) is 1. The molecule has 150 valence electrons. The molecule has 0 saturated heterocycles. The fraction of sp³-hybridized carbons (Fsp3) is 0.562. The standard InChI is InChI=1S/C16H24F4N4S.HI/c1-21-15(22-6-7-24(2)11-16(18,19)20)23-9-12-4-5-14(17)8-13(12)10-25-3;/h4-5,8H,6-7,9-11H2,1-3H3,(H2,21,22,23);1H. The molecule has 0 heterocycles. The van der Waals surface area contributed by atoms with Crippen LogP contribution in [-0.4, -0.2) is 57.0 Å². The van der Waals surface area contributed by atoms with Crippen molar-refractivity contribution >= 4 is 41.7 Å². The van der Waals surface area contributed by atoms with Gasteiger partial charge in [-0.2, -0.15) is 24.9 Å². The van der Waals surface area contributed by atoms with Crippen molar-refractivity contribution < 1.29 is 17.6 Å². The number of nitrogens with one attached hydrogen (secondary N) is 2. The molecule has 0 fully saturated rings. The molecule has 0 unspecified atom stereocenters. The molecule has 0 aliphatic carbocycles. The summed E-state index contributed by atoms with van der Waals surface area (Å²) >= 11 is 1.60. The molecule has 1 aromatic rings. The van der Waals surface area contributed by atoms with Crippen molar-refractivity contribution in [1.82, 2.24) is 15.5 Å². The van der Waals surface area contributed by atoms with Gasteiger partial charge in [-0.1, -0.05) is 6.07 Å². The van der Waals surface area contributed by atoms with Gasteiger partial charge in [0.1, 0.15) is 5.82 Å². The average Bonchev–Trinajstić information content (AvgIpc) is 2.50. The van der Waals surface area contributed by atoms with E-state index in [1.165, 1.54) is 24.1 Å². The van der Waals surface area contributed by atoms with E-state index in [2.05, 4.69) is 15.6 Å². The second-order valence-corrected chi connectivity index (χ2v) is 6.42. The lowest BCUT2D eigenvalue weighted by molar-refractivity contribution is -0.142. The molecule has 0 bridgehead atoms. The van der Waals surface area contributed by atoms with Crippen LogP contribution < -0.4 is 10.6 Å². The van der Waals surface area contributed by atoms with Crippen LogP contribution in [0.25, 0.3) is 0 Å². The minimum absolute atomic E-state index is 0. The van der Waals surface area contributed by atoms with Crippen LogP contribution in [0.1, 0.15) is 11.1 Å². The fourth-order valence-corrected chi connectivity index (χ4v) is 2.79. The summed E-state index contributed by atoms with van der Waals surface area (Å²) in [6.45, 7) is 0.0599. The third kappa shape index (κ3) is 10.4.